The third-order valence-corrected chi connectivity index (χ3v) is 4.95. The Morgan fingerprint density at radius 3 is 2.59 bits per heavy atom. The van der Waals surface area contributed by atoms with Crippen LogP contribution < -0.4 is 4.74 Å². The maximum atomic E-state index is 12.9. The standard InChI is InChI=1S/C21H27N3O3/c1-4-6-12-27-17-9-7-16(8-10-17)18-13-19-20(26)23(11-5-2)21(3,15-25)14-24(19)22-18/h7-10,13,15H,4-6,11-12,14H2,1-3H3. The summed E-state index contributed by atoms with van der Waals surface area (Å²) in [6, 6.07) is 9.54. The van der Waals surface area contributed by atoms with E-state index in [-0.39, 0.29) is 5.91 Å². The molecule has 144 valence electrons. The van der Waals surface area contributed by atoms with Crippen molar-refractivity contribution in [3.05, 3.63) is 36.0 Å². The SMILES string of the molecule is CCCCOc1ccc(-c2cc3n(n2)CC(C)(C=O)N(CCC)C3=O)cc1. The summed E-state index contributed by atoms with van der Waals surface area (Å²) < 4.78 is 7.35. The van der Waals surface area contributed by atoms with Crippen LogP contribution in [0.3, 0.4) is 0 Å². The molecule has 2 aromatic rings. The molecule has 3 rings (SSSR count). The van der Waals surface area contributed by atoms with Crippen LogP contribution in [0, 0.1) is 0 Å². The fraction of sp³-hybridized carbons (Fsp3) is 0.476. The zero-order chi connectivity index (χ0) is 19.4. The number of carbonyl (C=O) groups is 2. The maximum absolute atomic E-state index is 12.9. The van der Waals surface area contributed by atoms with Gasteiger partial charge in [-0.2, -0.15) is 5.10 Å². The molecule has 0 bridgehead atoms. The van der Waals surface area contributed by atoms with Gasteiger partial charge in [0.25, 0.3) is 5.91 Å². The van der Waals surface area contributed by atoms with E-state index in [1.807, 2.05) is 37.3 Å². The molecule has 6 heteroatoms. The van der Waals surface area contributed by atoms with E-state index in [1.54, 1.807) is 16.5 Å². The van der Waals surface area contributed by atoms with Gasteiger partial charge in [0.15, 0.2) is 0 Å². The van der Waals surface area contributed by atoms with Crippen LogP contribution in [-0.4, -0.2) is 45.6 Å². The second kappa shape index (κ2) is 7.94. The average Bonchev–Trinajstić information content (AvgIpc) is 3.10. The highest BCUT2D eigenvalue weighted by Gasteiger charge is 2.42. The van der Waals surface area contributed by atoms with Gasteiger partial charge in [0.05, 0.1) is 18.8 Å². The van der Waals surface area contributed by atoms with Gasteiger partial charge < -0.3 is 14.4 Å². The molecule has 0 saturated carbocycles. The number of carbonyl (C=O) groups excluding carboxylic acids is 2. The predicted molar refractivity (Wildman–Crippen MR) is 104 cm³/mol. The van der Waals surface area contributed by atoms with E-state index in [0.29, 0.717) is 25.4 Å². The number of amides is 1. The third-order valence-electron chi connectivity index (χ3n) is 4.95. The van der Waals surface area contributed by atoms with Crippen LogP contribution in [0.15, 0.2) is 30.3 Å². The Balaban J connectivity index is 1.85. The van der Waals surface area contributed by atoms with E-state index in [9.17, 15) is 9.59 Å². The molecule has 1 atom stereocenters. The number of hydrogen-bond donors (Lipinski definition) is 0. The number of aldehydes is 1. The van der Waals surface area contributed by atoms with Gasteiger partial charge in [-0.15, -0.1) is 0 Å². The van der Waals surface area contributed by atoms with Crippen LogP contribution in [0.1, 0.15) is 50.5 Å². The normalized spacial score (nSPS) is 19.1. The molecule has 0 radical (unpaired) electrons. The van der Waals surface area contributed by atoms with Crippen LogP contribution in [0.5, 0.6) is 5.75 Å². The number of fused-ring (bicyclic) bond motifs is 1. The predicted octanol–water partition coefficient (Wildman–Crippen LogP) is 3.55. The average molecular weight is 369 g/mol. The molecular formula is C21H27N3O3. The second-order valence-electron chi connectivity index (χ2n) is 7.23. The summed E-state index contributed by atoms with van der Waals surface area (Å²) in [4.78, 5) is 26.3. The minimum atomic E-state index is -0.861. The van der Waals surface area contributed by atoms with E-state index in [0.717, 1.165) is 42.6 Å². The molecular weight excluding hydrogens is 342 g/mol. The Morgan fingerprint density at radius 1 is 1.22 bits per heavy atom. The van der Waals surface area contributed by atoms with E-state index >= 15 is 0 Å². The second-order valence-corrected chi connectivity index (χ2v) is 7.23. The van der Waals surface area contributed by atoms with Crippen molar-refractivity contribution in [1.29, 1.82) is 0 Å². The number of ether oxygens (including phenoxy) is 1. The van der Waals surface area contributed by atoms with E-state index in [2.05, 4.69) is 12.0 Å². The highest BCUT2D eigenvalue weighted by molar-refractivity contribution is 5.97. The summed E-state index contributed by atoms with van der Waals surface area (Å²) in [6.07, 6.45) is 3.78. The zero-order valence-electron chi connectivity index (χ0n) is 16.3. The van der Waals surface area contributed by atoms with Crippen molar-refractivity contribution < 1.29 is 14.3 Å². The molecule has 1 aromatic carbocycles. The molecule has 27 heavy (non-hydrogen) atoms. The number of rotatable bonds is 8. The molecule has 0 aliphatic carbocycles. The Morgan fingerprint density at radius 2 is 1.96 bits per heavy atom. The largest absolute Gasteiger partial charge is 0.494 e. The van der Waals surface area contributed by atoms with Crippen LogP contribution >= 0.6 is 0 Å². The molecule has 0 saturated heterocycles. The molecule has 1 amide bonds. The number of hydrogen-bond acceptors (Lipinski definition) is 4. The van der Waals surface area contributed by atoms with Gasteiger partial charge in [-0.1, -0.05) is 20.3 Å². The van der Waals surface area contributed by atoms with Crippen LogP contribution in [0.4, 0.5) is 0 Å². The molecule has 2 heterocycles. The monoisotopic (exact) mass is 369 g/mol. The van der Waals surface area contributed by atoms with Gasteiger partial charge in [0.2, 0.25) is 0 Å². The molecule has 0 N–H and O–H groups in total. The highest BCUT2D eigenvalue weighted by atomic mass is 16.5. The van der Waals surface area contributed by atoms with Gasteiger partial charge >= 0.3 is 0 Å². The number of benzene rings is 1. The maximum Gasteiger partial charge on any atom is 0.273 e. The number of aromatic nitrogens is 2. The third kappa shape index (κ3) is 3.75. The Kier molecular flexibility index (Phi) is 5.63. The van der Waals surface area contributed by atoms with Gasteiger partial charge in [0, 0.05) is 12.1 Å². The van der Waals surface area contributed by atoms with Crippen molar-refractivity contribution in [2.75, 3.05) is 13.2 Å². The van der Waals surface area contributed by atoms with Gasteiger partial charge in [-0.25, -0.2) is 0 Å². The van der Waals surface area contributed by atoms with E-state index in [4.69, 9.17) is 4.74 Å². The number of nitrogens with zero attached hydrogens (tertiary/aromatic N) is 3. The zero-order valence-corrected chi connectivity index (χ0v) is 16.3. The summed E-state index contributed by atoms with van der Waals surface area (Å²) in [6.45, 7) is 7.56. The Labute approximate surface area is 160 Å². The summed E-state index contributed by atoms with van der Waals surface area (Å²) in [5.74, 6) is 0.686. The highest BCUT2D eigenvalue weighted by Crippen LogP contribution is 2.29. The van der Waals surface area contributed by atoms with Gasteiger partial charge in [-0.05, 0) is 50.1 Å². The van der Waals surface area contributed by atoms with Crippen molar-refractivity contribution in [1.82, 2.24) is 14.7 Å². The quantitative estimate of drug-likeness (QED) is 0.527. The van der Waals surface area contributed by atoms with Gasteiger partial charge in [-0.3, -0.25) is 9.48 Å². The lowest BCUT2D eigenvalue weighted by molar-refractivity contribution is -0.118. The van der Waals surface area contributed by atoms with E-state index in [1.165, 1.54) is 0 Å². The van der Waals surface area contributed by atoms with Crippen molar-refractivity contribution in [2.45, 2.75) is 52.1 Å². The van der Waals surface area contributed by atoms with Crippen LogP contribution in [0.25, 0.3) is 11.3 Å². The molecule has 0 fully saturated rings. The first-order valence-electron chi connectivity index (χ1n) is 9.61. The van der Waals surface area contributed by atoms with Crippen molar-refractivity contribution in [2.24, 2.45) is 0 Å². The van der Waals surface area contributed by atoms with Crippen LogP contribution in [0.2, 0.25) is 0 Å². The minimum Gasteiger partial charge on any atom is -0.494 e. The Hall–Kier alpha value is -2.63. The first kappa shape index (κ1) is 19.1. The number of unbranched alkanes of at least 4 members (excludes halogenated alkanes) is 1. The Bertz CT molecular complexity index is 813. The first-order chi connectivity index (χ1) is 13.0. The van der Waals surface area contributed by atoms with Gasteiger partial charge in [0.1, 0.15) is 23.3 Å². The van der Waals surface area contributed by atoms with Crippen molar-refractivity contribution in [3.8, 4) is 17.0 Å². The van der Waals surface area contributed by atoms with Crippen LogP contribution in [-0.2, 0) is 11.3 Å². The molecule has 1 unspecified atom stereocenters. The summed E-state index contributed by atoms with van der Waals surface area (Å²) in [5.41, 5.74) is 1.31. The molecule has 0 spiro atoms. The fourth-order valence-electron chi connectivity index (χ4n) is 3.35. The molecule has 1 aromatic heterocycles. The topological polar surface area (TPSA) is 64.4 Å². The molecule has 6 nitrogen and oxygen atoms in total. The minimum absolute atomic E-state index is 0.143. The summed E-state index contributed by atoms with van der Waals surface area (Å²) >= 11 is 0. The molecule has 1 aliphatic heterocycles. The molecule has 1 aliphatic rings. The lowest BCUT2D eigenvalue weighted by Gasteiger charge is -2.40. The fourth-order valence-corrected chi connectivity index (χ4v) is 3.35. The lowest BCUT2D eigenvalue weighted by Crippen LogP contribution is -2.57. The summed E-state index contributed by atoms with van der Waals surface area (Å²) in [5, 5.41) is 4.58. The van der Waals surface area contributed by atoms with E-state index < -0.39 is 5.54 Å². The van der Waals surface area contributed by atoms with Crippen molar-refractivity contribution in [3.63, 3.8) is 0 Å². The summed E-state index contributed by atoms with van der Waals surface area (Å²) in [7, 11) is 0. The first-order valence-corrected chi connectivity index (χ1v) is 9.61. The van der Waals surface area contributed by atoms with Crippen molar-refractivity contribution >= 4 is 12.2 Å². The lowest BCUT2D eigenvalue weighted by atomic mass is 9.98. The smallest absolute Gasteiger partial charge is 0.273 e.